The molecule has 1 amide bonds. The second-order valence-corrected chi connectivity index (χ2v) is 5.21. The number of hydrogen-bond donors (Lipinski definition) is 1. The Morgan fingerprint density at radius 3 is 2.85 bits per heavy atom. The monoisotopic (exact) mass is 293 g/mol. The van der Waals surface area contributed by atoms with E-state index in [1.165, 1.54) is 6.92 Å². The third-order valence-electron chi connectivity index (χ3n) is 2.52. The molecule has 0 aliphatic carbocycles. The minimum atomic E-state index is -0.149. The normalized spacial score (nSPS) is 10.5. The van der Waals surface area contributed by atoms with Crippen molar-refractivity contribution in [3.05, 3.63) is 29.5 Å². The summed E-state index contributed by atoms with van der Waals surface area (Å²) in [5, 5.41) is 3.08. The van der Waals surface area contributed by atoms with Crippen LogP contribution >= 0.6 is 11.5 Å². The van der Waals surface area contributed by atoms with Crippen LogP contribution in [0, 0.1) is 6.92 Å². The van der Waals surface area contributed by atoms with Crippen LogP contribution in [0.15, 0.2) is 16.5 Å². The second-order valence-electron chi connectivity index (χ2n) is 4.46. The van der Waals surface area contributed by atoms with Gasteiger partial charge in [0.1, 0.15) is 17.3 Å². The number of aryl methyl sites for hydroxylation is 2. The van der Waals surface area contributed by atoms with Gasteiger partial charge in [-0.05, 0) is 26.0 Å². The summed E-state index contributed by atoms with van der Waals surface area (Å²) in [6, 6.07) is 3.73. The number of aromatic nitrogens is 2. The fourth-order valence-corrected chi connectivity index (χ4v) is 2.24. The van der Waals surface area contributed by atoms with Crippen LogP contribution in [-0.2, 0) is 22.4 Å². The number of rotatable bonds is 6. The lowest BCUT2D eigenvalue weighted by Gasteiger charge is -1.99. The molecule has 1 N–H and O–H groups in total. The summed E-state index contributed by atoms with van der Waals surface area (Å²) in [7, 11) is 0. The van der Waals surface area contributed by atoms with E-state index in [0.29, 0.717) is 23.8 Å². The molecule has 0 saturated carbocycles. The first-order valence-electron chi connectivity index (χ1n) is 6.20. The molecule has 2 heterocycles. The van der Waals surface area contributed by atoms with Gasteiger partial charge in [0.05, 0.1) is 6.42 Å². The molecule has 0 aliphatic heterocycles. The van der Waals surface area contributed by atoms with E-state index >= 15 is 0 Å². The molecule has 0 aromatic carbocycles. The zero-order valence-electron chi connectivity index (χ0n) is 11.3. The highest BCUT2D eigenvalue weighted by Gasteiger charge is 2.10. The van der Waals surface area contributed by atoms with Crippen molar-refractivity contribution in [1.82, 2.24) is 9.36 Å². The van der Waals surface area contributed by atoms with Gasteiger partial charge in [-0.25, -0.2) is 4.98 Å². The summed E-state index contributed by atoms with van der Waals surface area (Å²) in [4.78, 5) is 26.8. The Morgan fingerprint density at radius 1 is 1.40 bits per heavy atom. The molecule has 0 unspecified atom stereocenters. The fourth-order valence-electron chi connectivity index (χ4n) is 1.64. The van der Waals surface area contributed by atoms with Crippen molar-refractivity contribution in [2.45, 2.75) is 33.1 Å². The average molecular weight is 293 g/mol. The lowest BCUT2D eigenvalue weighted by molar-refractivity contribution is -0.117. The van der Waals surface area contributed by atoms with Crippen LogP contribution in [-0.4, -0.2) is 21.0 Å². The Hall–Kier alpha value is -2.02. The smallest absolute Gasteiger partial charge is 0.226 e. The van der Waals surface area contributed by atoms with E-state index in [9.17, 15) is 9.59 Å². The third-order valence-corrected chi connectivity index (χ3v) is 3.18. The van der Waals surface area contributed by atoms with Crippen LogP contribution in [0.25, 0.3) is 0 Å². The van der Waals surface area contributed by atoms with Crippen LogP contribution in [0.1, 0.15) is 30.7 Å². The van der Waals surface area contributed by atoms with E-state index in [4.69, 9.17) is 4.42 Å². The van der Waals surface area contributed by atoms with Crippen molar-refractivity contribution in [3.8, 4) is 0 Å². The Balaban J connectivity index is 1.82. The van der Waals surface area contributed by atoms with E-state index in [0.717, 1.165) is 23.1 Å². The SMILES string of the molecule is CC(=O)Cc1nsc(NC(=O)CCc2ccc(C)o2)n1. The summed E-state index contributed by atoms with van der Waals surface area (Å²) < 4.78 is 9.40. The number of nitrogens with zero attached hydrogens (tertiary/aromatic N) is 2. The van der Waals surface area contributed by atoms with E-state index in [2.05, 4.69) is 14.7 Å². The molecule has 0 aliphatic rings. The van der Waals surface area contributed by atoms with Gasteiger partial charge >= 0.3 is 0 Å². The van der Waals surface area contributed by atoms with Crippen LogP contribution < -0.4 is 5.32 Å². The number of ketones is 1. The van der Waals surface area contributed by atoms with Crippen molar-refractivity contribution in [3.63, 3.8) is 0 Å². The topological polar surface area (TPSA) is 85.1 Å². The molecule has 2 rings (SSSR count). The average Bonchev–Trinajstić information content (AvgIpc) is 2.95. The van der Waals surface area contributed by atoms with E-state index in [1.54, 1.807) is 0 Å². The number of furan rings is 1. The molecule has 2 aromatic heterocycles. The number of carbonyl (C=O) groups excluding carboxylic acids is 2. The predicted octanol–water partition coefficient (Wildman–Crippen LogP) is 2.14. The van der Waals surface area contributed by atoms with Crippen LogP contribution in [0.2, 0.25) is 0 Å². The van der Waals surface area contributed by atoms with Crippen molar-refractivity contribution in [1.29, 1.82) is 0 Å². The Labute approximate surface area is 120 Å². The van der Waals surface area contributed by atoms with Gasteiger partial charge in [0.25, 0.3) is 0 Å². The van der Waals surface area contributed by atoms with Gasteiger partial charge in [-0.1, -0.05) is 0 Å². The summed E-state index contributed by atoms with van der Waals surface area (Å²) in [6.07, 6.45) is 1.05. The molecule has 0 bridgehead atoms. The maximum atomic E-state index is 11.7. The maximum absolute atomic E-state index is 11.7. The van der Waals surface area contributed by atoms with E-state index in [1.807, 2.05) is 19.1 Å². The van der Waals surface area contributed by atoms with Gasteiger partial charge < -0.3 is 9.73 Å². The first-order valence-corrected chi connectivity index (χ1v) is 6.97. The van der Waals surface area contributed by atoms with Crippen molar-refractivity contribution >= 4 is 28.4 Å². The standard InChI is InChI=1S/C13H15N3O3S/c1-8(17)7-11-14-13(20-16-11)15-12(18)6-5-10-4-3-9(2)19-10/h3-4H,5-7H2,1-2H3,(H,14,15,16,18). The van der Waals surface area contributed by atoms with Crippen molar-refractivity contribution in [2.24, 2.45) is 0 Å². The molecule has 6 nitrogen and oxygen atoms in total. The first-order chi connectivity index (χ1) is 9.52. The molecule has 106 valence electrons. The molecule has 20 heavy (non-hydrogen) atoms. The van der Waals surface area contributed by atoms with Gasteiger partial charge in [0.2, 0.25) is 11.0 Å². The largest absolute Gasteiger partial charge is 0.466 e. The minimum Gasteiger partial charge on any atom is -0.466 e. The van der Waals surface area contributed by atoms with Crippen LogP contribution in [0.4, 0.5) is 5.13 Å². The quantitative estimate of drug-likeness (QED) is 0.882. The number of nitrogens with one attached hydrogen (secondary N) is 1. The van der Waals surface area contributed by atoms with Gasteiger partial charge in [-0.3, -0.25) is 9.59 Å². The second kappa shape index (κ2) is 6.42. The number of anilines is 1. The summed E-state index contributed by atoms with van der Waals surface area (Å²) >= 11 is 1.08. The Morgan fingerprint density at radius 2 is 2.20 bits per heavy atom. The Bertz CT molecular complexity index is 618. The predicted molar refractivity (Wildman–Crippen MR) is 74.7 cm³/mol. The summed E-state index contributed by atoms with van der Waals surface area (Å²) in [5.74, 6) is 1.91. The number of hydrogen-bond acceptors (Lipinski definition) is 6. The molecule has 0 radical (unpaired) electrons. The maximum Gasteiger partial charge on any atom is 0.226 e. The minimum absolute atomic E-state index is 0.00568. The molecule has 0 atom stereocenters. The zero-order chi connectivity index (χ0) is 14.5. The van der Waals surface area contributed by atoms with Gasteiger partial charge in [-0.2, -0.15) is 4.37 Å². The highest BCUT2D eigenvalue weighted by atomic mass is 32.1. The van der Waals surface area contributed by atoms with Gasteiger partial charge in [-0.15, -0.1) is 0 Å². The third kappa shape index (κ3) is 4.27. The lowest BCUT2D eigenvalue weighted by Crippen LogP contribution is -2.12. The highest BCUT2D eigenvalue weighted by molar-refractivity contribution is 7.09. The first kappa shape index (κ1) is 14.4. The van der Waals surface area contributed by atoms with Crippen molar-refractivity contribution in [2.75, 3.05) is 5.32 Å². The number of amides is 1. The highest BCUT2D eigenvalue weighted by Crippen LogP contribution is 2.13. The molecular weight excluding hydrogens is 278 g/mol. The zero-order valence-corrected chi connectivity index (χ0v) is 12.1. The molecule has 0 saturated heterocycles. The molecule has 2 aromatic rings. The van der Waals surface area contributed by atoms with Crippen LogP contribution in [0.3, 0.4) is 0 Å². The van der Waals surface area contributed by atoms with E-state index in [-0.39, 0.29) is 18.1 Å². The molecule has 7 heteroatoms. The van der Waals surface area contributed by atoms with E-state index < -0.39 is 0 Å². The van der Waals surface area contributed by atoms with Crippen LogP contribution in [0.5, 0.6) is 0 Å². The number of Topliss-reactive ketones (excluding diaryl/α,β-unsaturated/α-hetero) is 1. The van der Waals surface area contributed by atoms with Gasteiger partial charge in [0.15, 0.2) is 5.82 Å². The van der Waals surface area contributed by atoms with Crippen molar-refractivity contribution < 1.29 is 14.0 Å². The molecule has 0 fully saturated rings. The molecule has 0 spiro atoms. The summed E-state index contributed by atoms with van der Waals surface area (Å²) in [5.41, 5.74) is 0. The molecular formula is C13H15N3O3S. The Kier molecular flexibility index (Phi) is 4.62. The van der Waals surface area contributed by atoms with Gasteiger partial charge in [0, 0.05) is 24.4 Å². The lowest BCUT2D eigenvalue weighted by atomic mass is 10.2. The summed E-state index contributed by atoms with van der Waals surface area (Å²) in [6.45, 7) is 3.34. The number of carbonyl (C=O) groups is 2. The fraction of sp³-hybridized carbons (Fsp3) is 0.385.